The van der Waals surface area contributed by atoms with Crippen molar-refractivity contribution in [3.8, 4) is 0 Å². The van der Waals surface area contributed by atoms with E-state index in [2.05, 4.69) is 19.1 Å². The van der Waals surface area contributed by atoms with Gasteiger partial charge in [-0.3, -0.25) is 4.79 Å². The van der Waals surface area contributed by atoms with Gasteiger partial charge in [-0.1, -0.05) is 24.3 Å². The molecule has 0 aliphatic carbocycles. The maximum atomic E-state index is 12.6. The molecule has 2 aromatic carbocycles. The van der Waals surface area contributed by atoms with E-state index in [1.165, 1.54) is 23.3 Å². The van der Waals surface area contributed by atoms with Gasteiger partial charge in [-0.2, -0.15) is 0 Å². The van der Waals surface area contributed by atoms with E-state index in [9.17, 15) is 9.59 Å². The number of aromatic carboxylic acids is 1. The van der Waals surface area contributed by atoms with Gasteiger partial charge < -0.3 is 10.0 Å². The Kier molecular flexibility index (Phi) is 4.15. The van der Waals surface area contributed by atoms with Crippen LogP contribution >= 0.6 is 0 Å². The van der Waals surface area contributed by atoms with Crippen molar-refractivity contribution < 1.29 is 14.7 Å². The summed E-state index contributed by atoms with van der Waals surface area (Å²) in [7, 11) is 0. The van der Waals surface area contributed by atoms with Gasteiger partial charge in [0.05, 0.1) is 5.56 Å². The van der Waals surface area contributed by atoms with Crippen LogP contribution in [-0.4, -0.2) is 35.0 Å². The monoisotopic (exact) mass is 309 g/mol. The summed E-state index contributed by atoms with van der Waals surface area (Å²) in [5.74, 6) is -0.638. The van der Waals surface area contributed by atoms with Gasteiger partial charge in [-0.25, -0.2) is 4.79 Å². The molecule has 4 heteroatoms. The fourth-order valence-electron chi connectivity index (χ4n) is 3.18. The largest absolute Gasteiger partial charge is 0.478 e. The Labute approximate surface area is 135 Å². The van der Waals surface area contributed by atoms with E-state index in [1.807, 2.05) is 17.0 Å². The first-order chi connectivity index (χ1) is 11.1. The number of carboxylic acids is 1. The van der Waals surface area contributed by atoms with Gasteiger partial charge in [-0.05, 0) is 48.7 Å². The van der Waals surface area contributed by atoms with E-state index in [-0.39, 0.29) is 11.5 Å². The van der Waals surface area contributed by atoms with Crippen LogP contribution in [0.1, 0.15) is 44.2 Å². The van der Waals surface area contributed by atoms with Crippen molar-refractivity contribution in [1.82, 2.24) is 4.90 Å². The zero-order valence-corrected chi connectivity index (χ0v) is 13.0. The van der Waals surface area contributed by atoms with E-state index in [4.69, 9.17) is 5.11 Å². The summed E-state index contributed by atoms with van der Waals surface area (Å²) in [6.45, 7) is 3.55. The van der Waals surface area contributed by atoms with Gasteiger partial charge in [0.15, 0.2) is 0 Å². The minimum Gasteiger partial charge on any atom is -0.478 e. The van der Waals surface area contributed by atoms with E-state index < -0.39 is 5.97 Å². The highest BCUT2D eigenvalue weighted by Crippen LogP contribution is 2.30. The smallest absolute Gasteiger partial charge is 0.335 e. The van der Waals surface area contributed by atoms with E-state index >= 15 is 0 Å². The Morgan fingerprint density at radius 1 is 1.04 bits per heavy atom. The fourth-order valence-corrected chi connectivity index (χ4v) is 3.18. The fraction of sp³-hybridized carbons (Fsp3) is 0.263. The molecular weight excluding hydrogens is 290 g/mol. The first-order valence-electron chi connectivity index (χ1n) is 7.74. The van der Waals surface area contributed by atoms with Crippen LogP contribution in [0.3, 0.4) is 0 Å². The van der Waals surface area contributed by atoms with Crippen LogP contribution in [0.5, 0.6) is 0 Å². The molecule has 0 bridgehead atoms. The standard InChI is InChI=1S/C19H19NO3/c1-13-4-2-3-5-17(13)16-10-11-20(12-16)18(21)14-6-8-15(9-7-14)19(22)23/h2-9,16H,10-12H2,1H3,(H,22,23). The molecule has 1 unspecified atom stereocenters. The summed E-state index contributed by atoms with van der Waals surface area (Å²) in [4.78, 5) is 25.3. The second-order valence-electron chi connectivity index (χ2n) is 5.98. The number of likely N-dealkylation sites (tertiary alicyclic amines) is 1. The number of hydrogen-bond donors (Lipinski definition) is 1. The zero-order valence-electron chi connectivity index (χ0n) is 13.0. The lowest BCUT2D eigenvalue weighted by Crippen LogP contribution is -2.28. The summed E-state index contributed by atoms with van der Waals surface area (Å²) < 4.78 is 0. The molecule has 1 atom stereocenters. The van der Waals surface area contributed by atoms with Crippen LogP contribution in [0.2, 0.25) is 0 Å². The summed E-state index contributed by atoms with van der Waals surface area (Å²) in [5.41, 5.74) is 3.31. The molecule has 1 heterocycles. The molecule has 0 spiro atoms. The lowest BCUT2D eigenvalue weighted by atomic mass is 9.94. The van der Waals surface area contributed by atoms with Crippen molar-refractivity contribution in [3.63, 3.8) is 0 Å². The maximum Gasteiger partial charge on any atom is 0.335 e. The first kappa shape index (κ1) is 15.3. The van der Waals surface area contributed by atoms with Crippen molar-refractivity contribution in [2.45, 2.75) is 19.3 Å². The average molecular weight is 309 g/mol. The molecule has 1 aliphatic rings. The number of carbonyl (C=O) groups is 2. The Hall–Kier alpha value is -2.62. The minimum absolute atomic E-state index is 0.0296. The van der Waals surface area contributed by atoms with Crippen LogP contribution in [0.25, 0.3) is 0 Å². The number of hydrogen-bond acceptors (Lipinski definition) is 2. The van der Waals surface area contributed by atoms with Crippen molar-refractivity contribution in [2.75, 3.05) is 13.1 Å². The summed E-state index contributed by atoms with van der Waals surface area (Å²) in [5, 5.41) is 8.92. The SMILES string of the molecule is Cc1ccccc1C1CCN(C(=O)c2ccc(C(=O)O)cc2)C1. The molecule has 2 aromatic rings. The molecule has 0 radical (unpaired) electrons. The van der Waals surface area contributed by atoms with Crippen LogP contribution in [0.4, 0.5) is 0 Å². The van der Waals surface area contributed by atoms with Crippen molar-refractivity contribution >= 4 is 11.9 Å². The number of benzene rings is 2. The summed E-state index contributed by atoms with van der Waals surface area (Å²) >= 11 is 0. The number of carbonyl (C=O) groups excluding carboxylic acids is 1. The summed E-state index contributed by atoms with van der Waals surface area (Å²) in [6, 6.07) is 14.4. The molecule has 118 valence electrons. The topological polar surface area (TPSA) is 57.6 Å². The number of amides is 1. The van der Waals surface area contributed by atoms with Gasteiger partial charge in [0.1, 0.15) is 0 Å². The second-order valence-corrected chi connectivity index (χ2v) is 5.98. The normalized spacial score (nSPS) is 17.3. The number of nitrogens with zero attached hydrogens (tertiary/aromatic N) is 1. The third-order valence-corrected chi connectivity index (χ3v) is 4.48. The highest BCUT2D eigenvalue weighted by Gasteiger charge is 2.28. The van der Waals surface area contributed by atoms with Crippen LogP contribution in [-0.2, 0) is 0 Å². The van der Waals surface area contributed by atoms with E-state index in [0.717, 1.165) is 13.0 Å². The molecule has 0 saturated carbocycles. The molecule has 1 amide bonds. The van der Waals surface area contributed by atoms with Crippen molar-refractivity contribution in [1.29, 1.82) is 0 Å². The Morgan fingerprint density at radius 2 is 1.70 bits per heavy atom. The van der Waals surface area contributed by atoms with Crippen LogP contribution in [0.15, 0.2) is 48.5 Å². The predicted octanol–water partition coefficient (Wildman–Crippen LogP) is 3.32. The van der Waals surface area contributed by atoms with Crippen molar-refractivity contribution in [2.24, 2.45) is 0 Å². The number of rotatable bonds is 3. The van der Waals surface area contributed by atoms with Crippen molar-refractivity contribution in [3.05, 3.63) is 70.8 Å². The van der Waals surface area contributed by atoms with Gasteiger partial charge in [-0.15, -0.1) is 0 Å². The highest BCUT2D eigenvalue weighted by atomic mass is 16.4. The quantitative estimate of drug-likeness (QED) is 0.946. The van der Waals surface area contributed by atoms with Gasteiger partial charge in [0, 0.05) is 24.6 Å². The average Bonchev–Trinajstić information content (AvgIpc) is 3.04. The molecule has 1 saturated heterocycles. The van der Waals surface area contributed by atoms with Gasteiger partial charge >= 0.3 is 5.97 Å². The Balaban J connectivity index is 1.72. The third kappa shape index (κ3) is 3.11. The zero-order chi connectivity index (χ0) is 16.4. The lowest BCUT2D eigenvalue weighted by molar-refractivity contribution is 0.0695. The van der Waals surface area contributed by atoms with E-state index in [0.29, 0.717) is 18.0 Å². The number of carboxylic acid groups (broad SMARTS) is 1. The lowest BCUT2D eigenvalue weighted by Gasteiger charge is -2.17. The minimum atomic E-state index is -0.982. The predicted molar refractivity (Wildman–Crippen MR) is 87.8 cm³/mol. The van der Waals surface area contributed by atoms with Crippen LogP contribution < -0.4 is 0 Å². The molecule has 1 aliphatic heterocycles. The highest BCUT2D eigenvalue weighted by molar-refractivity contribution is 5.96. The molecule has 3 rings (SSSR count). The maximum absolute atomic E-state index is 12.6. The third-order valence-electron chi connectivity index (χ3n) is 4.48. The molecule has 1 N–H and O–H groups in total. The molecule has 23 heavy (non-hydrogen) atoms. The van der Waals surface area contributed by atoms with Gasteiger partial charge in [0.2, 0.25) is 0 Å². The Morgan fingerprint density at radius 3 is 2.35 bits per heavy atom. The molecule has 4 nitrogen and oxygen atoms in total. The van der Waals surface area contributed by atoms with E-state index in [1.54, 1.807) is 12.1 Å². The molecule has 0 aromatic heterocycles. The van der Waals surface area contributed by atoms with Crippen LogP contribution in [0, 0.1) is 6.92 Å². The van der Waals surface area contributed by atoms with Gasteiger partial charge in [0.25, 0.3) is 5.91 Å². The first-order valence-corrected chi connectivity index (χ1v) is 7.74. The molecular formula is C19H19NO3. The Bertz CT molecular complexity index is 737. The second kappa shape index (κ2) is 6.24. The number of aryl methyl sites for hydroxylation is 1. The molecule has 1 fully saturated rings. The summed E-state index contributed by atoms with van der Waals surface area (Å²) in [6.07, 6.45) is 0.962.